The Kier molecular flexibility index (Phi) is 6.25. The molecular formula is C18H18ClNO5. The fraction of sp³-hybridized carbons (Fsp3) is 0.222. The molecule has 6 nitrogen and oxygen atoms in total. The molecule has 2 rings (SSSR count). The molecule has 7 heteroatoms. The van der Waals surface area contributed by atoms with E-state index >= 15 is 0 Å². The highest BCUT2D eigenvalue weighted by Gasteiger charge is 2.20. The van der Waals surface area contributed by atoms with Crippen molar-refractivity contribution in [2.45, 2.75) is 19.6 Å². The highest BCUT2D eigenvalue weighted by molar-refractivity contribution is 6.30. The summed E-state index contributed by atoms with van der Waals surface area (Å²) in [5.74, 6) is -0.831. The summed E-state index contributed by atoms with van der Waals surface area (Å²) in [6, 6.07) is 11.2. The molecule has 0 aliphatic carbocycles. The van der Waals surface area contributed by atoms with Crippen LogP contribution in [0.5, 0.6) is 11.5 Å². The second kappa shape index (κ2) is 8.39. The number of nitrogens with one attached hydrogen (secondary N) is 1. The Labute approximate surface area is 150 Å². The van der Waals surface area contributed by atoms with Gasteiger partial charge in [0.25, 0.3) is 5.91 Å². The van der Waals surface area contributed by atoms with Crippen LogP contribution in [-0.4, -0.2) is 30.2 Å². The Balaban J connectivity index is 1.89. The average molecular weight is 364 g/mol. The summed E-state index contributed by atoms with van der Waals surface area (Å²) in [5, 5.41) is 12.7. The zero-order valence-electron chi connectivity index (χ0n) is 13.8. The maximum Gasteiger partial charge on any atom is 0.342 e. The molecule has 0 aromatic heterocycles. The number of ether oxygens (including phenoxy) is 2. The molecule has 132 valence electrons. The van der Waals surface area contributed by atoms with E-state index in [1.165, 1.54) is 25.1 Å². The predicted molar refractivity (Wildman–Crippen MR) is 92.8 cm³/mol. The lowest BCUT2D eigenvalue weighted by Crippen LogP contribution is -2.35. The summed E-state index contributed by atoms with van der Waals surface area (Å²) >= 11 is 5.71. The summed E-state index contributed by atoms with van der Waals surface area (Å²) in [4.78, 5) is 24.1. The van der Waals surface area contributed by atoms with Crippen molar-refractivity contribution in [1.29, 1.82) is 0 Å². The van der Waals surface area contributed by atoms with E-state index in [1.807, 2.05) is 12.1 Å². The van der Waals surface area contributed by atoms with E-state index in [9.17, 15) is 14.7 Å². The van der Waals surface area contributed by atoms with Crippen molar-refractivity contribution in [2.75, 3.05) is 7.11 Å². The van der Waals surface area contributed by atoms with E-state index in [0.29, 0.717) is 5.02 Å². The van der Waals surface area contributed by atoms with Crippen LogP contribution in [0.15, 0.2) is 42.5 Å². The Morgan fingerprint density at radius 1 is 1.20 bits per heavy atom. The number of aromatic hydroxyl groups is 1. The lowest BCUT2D eigenvalue weighted by Gasteiger charge is -2.14. The molecule has 0 saturated carbocycles. The second-order valence-corrected chi connectivity index (χ2v) is 5.71. The first-order chi connectivity index (χ1) is 11.9. The smallest absolute Gasteiger partial charge is 0.342 e. The molecular weight excluding hydrogens is 346 g/mol. The van der Waals surface area contributed by atoms with Gasteiger partial charge >= 0.3 is 5.97 Å². The normalized spacial score (nSPS) is 11.5. The van der Waals surface area contributed by atoms with Crippen LogP contribution in [0.1, 0.15) is 22.8 Å². The zero-order chi connectivity index (χ0) is 18.4. The summed E-state index contributed by atoms with van der Waals surface area (Å²) in [6.45, 7) is 1.74. The number of carbonyl (C=O) groups is 2. The van der Waals surface area contributed by atoms with Crippen molar-refractivity contribution in [1.82, 2.24) is 5.32 Å². The fourth-order valence-corrected chi connectivity index (χ4v) is 2.20. The molecule has 25 heavy (non-hydrogen) atoms. The van der Waals surface area contributed by atoms with Gasteiger partial charge in [0, 0.05) is 11.6 Å². The number of amides is 1. The van der Waals surface area contributed by atoms with Crippen LogP contribution in [0, 0.1) is 0 Å². The molecule has 2 N–H and O–H groups in total. The topological polar surface area (TPSA) is 84.9 Å². The van der Waals surface area contributed by atoms with Gasteiger partial charge in [-0.3, -0.25) is 4.79 Å². The molecule has 0 bridgehead atoms. The minimum absolute atomic E-state index is 0.0563. The van der Waals surface area contributed by atoms with Crippen LogP contribution in [0.3, 0.4) is 0 Å². The zero-order valence-corrected chi connectivity index (χ0v) is 14.5. The standard InChI is InChI=1S/C18H18ClNO5/c1-11(25-18(23)15-8-5-13(19)9-16(15)21)17(22)20-10-12-3-6-14(24-2)7-4-12/h3-9,11,21H,10H2,1-2H3,(H,20,22)/t11-/m1/s1. The molecule has 2 aromatic carbocycles. The van der Waals surface area contributed by atoms with Crippen LogP contribution in [0.2, 0.25) is 5.02 Å². The number of esters is 1. The average Bonchev–Trinajstić information content (AvgIpc) is 2.59. The minimum atomic E-state index is -1.01. The third-order valence-electron chi connectivity index (χ3n) is 3.46. The molecule has 1 atom stereocenters. The van der Waals surface area contributed by atoms with Gasteiger partial charge in [0.15, 0.2) is 6.10 Å². The Bertz CT molecular complexity index is 761. The Morgan fingerprint density at radius 3 is 2.48 bits per heavy atom. The number of hydrogen-bond acceptors (Lipinski definition) is 5. The van der Waals surface area contributed by atoms with Gasteiger partial charge in [0.1, 0.15) is 17.1 Å². The van der Waals surface area contributed by atoms with Crippen molar-refractivity contribution < 1.29 is 24.2 Å². The summed E-state index contributed by atoms with van der Waals surface area (Å²) < 4.78 is 10.1. The van der Waals surface area contributed by atoms with Crippen molar-refractivity contribution >= 4 is 23.5 Å². The Morgan fingerprint density at radius 2 is 1.88 bits per heavy atom. The van der Waals surface area contributed by atoms with Crippen LogP contribution in [-0.2, 0) is 16.1 Å². The van der Waals surface area contributed by atoms with Gasteiger partial charge in [0.2, 0.25) is 0 Å². The molecule has 0 aliphatic heterocycles. The van der Waals surface area contributed by atoms with Gasteiger partial charge < -0.3 is 19.9 Å². The largest absolute Gasteiger partial charge is 0.507 e. The molecule has 0 aliphatic rings. The maximum absolute atomic E-state index is 12.0. The van der Waals surface area contributed by atoms with Gasteiger partial charge in [-0.15, -0.1) is 0 Å². The molecule has 0 spiro atoms. The number of benzene rings is 2. The molecule has 0 fully saturated rings. The minimum Gasteiger partial charge on any atom is -0.507 e. The van der Waals surface area contributed by atoms with E-state index < -0.39 is 18.0 Å². The van der Waals surface area contributed by atoms with Gasteiger partial charge in [-0.2, -0.15) is 0 Å². The third-order valence-corrected chi connectivity index (χ3v) is 3.69. The predicted octanol–water partition coefficient (Wildman–Crippen LogP) is 2.92. The number of carbonyl (C=O) groups excluding carboxylic acids is 2. The lowest BCUT2D eigenvalue weighted by atomic mass is 10.2. The van der Waals surface area contributed by atoms with Crippen LogP contribution >= 0.6 is 11.6 Å². The fourth-order valence-electron chi connectivity index (χ4n) is 2.03. The van der Waals surface area contributed by atoms with Crippen LogP contribution in [0.4, 0.5) is 0 Å². The van der Waals surface area contributed by atoms with Crippen LogP contribution < -0.4 is 10.1 Å². The van der Waals surface area contributed by atoms with E-state index in [2.05, 4.69) is 5.32 Å². The van der Waals surface area contributed by atoms with E-state index in [4.69, 9.17) is 21.1 Å². The summed E-state index contributed by atoms with van der Waals surface area (Å²) in [6.07, 6.45) is -1.01. The summed E-state index contributed by atoms with van der Waals surface area (Å²) in [7, 11) is 1.57. The number of rotatable bonds is 6. The number of methoxy groups -OCH3 is 1. The van der Waals surface area contributed by atoms with E-state index in [-0.39, 0.29) is 17.9 Å². The number of phenolic OH excluding ortho intramolecular Hbond substituents is 1. The molecule has 1 amide bonds. The number of phenols is 1. The first kappa shape index (κ1) is 18.6. The quantitative estimate of drug-likeness (QED) is 0.771. The first-order valence-corrected chi connectivity index (χ1v) is 7.88. The SMILES string of the molecule is COc1ccc(CNC(=O)[C@@H](C)OC(=O)c2ccc(Cl)cc2O)cc1. The highest BCUT2D eigenvalue weighted by Crippen LogP contribution is 2.23. The van der Waals surface area contributed by atoms with Gasteiger partial charge in [-0.1, -0.05) is 23.7 Å². The monoisotopic (exact) mass is 363 g/mol. The van der Waals surface area contributed by atoms with E-state index in [0.717, 1.165) is 11.3 Å². The Hall–Kier alpha value is -2.73. The summed E-state index contributed by atoms with van der Waals surface area (Å²) in [5.41, 5.74) is 0.822. The lowest BCUT2D eigenvalue weighted by molar-refractivity contribution is -0.129. The van der Waals surface area contributed by atoms with Crippen molar-refractivity contribution in [3.63, 3.8) is 0 Å². The molecule has 0 radical (unpaired) electrons. The van der Waals surface area contributed by atoms with Crippen molar-refractivity contribution in [3.8, 4) is 11.5 Å². The van der Waals surface area contributed by atoms with Gasteiger partial charge in [-0.05, 0) is 42.8 Å². The van der Waals surface area contributed by atoms with Gasteiger partial charge in [0.05, 0.1) is 7.11 Å². The van der Waals surface area contributed by atoms with Crippen molar-refractivity contribution in [2.24, 2.45) is 0 Å². The molecule has 0 saturated heterocycles. The first-order valence-electron chi connectivity index (χ1n) is 7.51. The highest BCUT2D eigenvalue weighted by atomic mass is 35.5. The second-order valence-electron chi connectivity index (χ2n) is 5.27. The van der Waals surface area contributed by atoms with Crippen molar-refractivity contribution in [3.05, 3.63) is 58.6 Å². The van der Waals surface area contributed by atoms with Crippen LogP contribution in [0.25, 0.3) is 0 Å². The molecule has 0 heterocycles. The number of hydrogen-bond donors (Lipinski definition) is 2. The molecule has 0 unspecified atom stereocenters. The third kappa shape index (κ3) is 5.12. The van der Waals surface area contributed by atoms with Gasteiger partial charge in [-0.25, -0.2) is 4.79 Å². The number of halogens is 1. The molecule has 2 aromatic rings. The van der Waals surface area contributed by atoms with E-state index in [1.54, 1.807) is 19.2 Å². The maximum atomic E-state index is 12.0.